The molecule has 4 heteroatoms. The topological polar surface area (TPSA) is 51.2 Å². The van der Waals surface area contributed by atoms with Crippen molar-refractivity contribution in [3.05, 3.63) is 30.1 Å². The molecule has 0 aromatic carbocycles. The number of methoxy groups -OCH3 is 1. The van der Waals surface area contributed by atoms with E-state index in [0.29, 0.717) is 6.42 Å². The molecular formula is C12H18N2O2. The van der Waals surface area contributed by atoms with Crippen molar-refractivity contribution in [1.29, 1.82) is 0 Å². The van der Waals surface area contributed by atoms with Gasteiger partial charge in [-0.1, -0.05) is 13.0 Å². The summed E-state index contributed by atoms with van der Waals surface area (Å²) in [6, 6.07) is 3.82. The van der Waals surface area contributed by atoms with Crippen LogP contribution in [0.15, 0.2) is 24.5 Å². The van der Waals surface area contributed by atoms with Gasteiger partial charge in [0.1, 0.15) is 0 Å². The minimum absolute atomic E-state index is 0.0129. The second-order valence-corrected chi connectivity index (χ2v) is 3.57. The smallest absolute Gasteiger partial charge is 0.307 e. The zero-order valence-corrected chi connectivity index (χ0v) is 9.77. The normalized spacial score (nSPS) is 12.1. The van der Waals surface area contributed by atoms with Crippen LogP contribution < -0.4 is 5.32 Å². The molecule has 0 saturated heterocycles. The molecule has 1 aromatic rings. The average Bonchev–Trinajstić information content (AvgIpc) is 2.35. The van der Waals surface area contributed by atoms with E-state index in [-0.39, 0.29) is 12.0 Å². The number of pyridine rings is 1. The van der Waals surface area contributed by atoms with Crippen molar-refractivity contribution >= 4 is 5.97 Å². The van der Waals surface area contributed by atoms with Gasteiger partial charge in [0, 0.05) is 18.4 Å². The molecule has 1 unspecified atom stereocenters. The monoisotopic (exact) mass is 222 g/mol. The molecule has 0 fully saturated rings. The minimum atomic E-state index is -0.211. The highest BCUT2D eigenvalue weighted by molar-refractivity contribution is 5.70. The number of ether oxygens (including phenoxy) is 1. The molecule has 1 heterocycles. The number of rotatable bonds is 6. The van der Waals surface area contributed by atoms with Crippen molar-refractivity contribution in [1.82, 2.24) is 10.3 Å². The van der Waals surface area contributed by atoms with Gasteiger partial charge < -0.3 is 10.1 Å². The van der Waals surface area contributed by atoms with E-state index >= 15 is 0 Å². The zero-order chi connectivity index (χ0) is 11.8. The number of hydrogen-bond acceptors (Lipinski definition) is 4. The third-order valence-corrected chi connectivity index (χ3v) is 2.33. The third kappa shape index (κ3) is 3.98. The Bertz CT molecular complexity index is 314. The maximum absolute atomic E-state index is 11.3. The molecule has 0 spiro atoms. The van der Waals surface area contributed by atoms with E-state index in [1.807, 2.05) is 12.1 Å². The lowest BCUT2D eigenvalue weighted by Crippen LogP contribution is -2.25. The molecule has 0 aliphatic rings. The molecule has 0 bridgehead atoms. The number of nitrogens with one attached hydrogen (secondary N) is 1. The largest absolute Gasteiger partial charge is 0.469 e. The van der Waals surface area contributed by atoms with Gasteiger partial charge >= 0.3 is 5.97 Å². The standard InChI is InChI=1S/C12H18N2O2/c1-3-6-14-11(8-12(15)16-2)10-5-4-7-13-9-10/h4-5,7,9,11,14H,3,6,8H2,1-2H3. The summed E-state index contributed by atoms with van der Waals surface area (Å²) in [5.74, 6) is -0.211. The highest BCUT2D eigenvalue weighted by atomic mass is 16.5. The van der Waals surface area contributed by atoms with E-state index in [1.165, 1.54) is 7.11 Å². The van der Waals surface area contributed by atoms with Crippen molar-refractivity contribution in [2.75, 3.05) is 13.7 Å². The van der Waals surface area contributed by atoms with E-state index in [2.05, 4.69) is 22.0 Å². The number of hydrogen-bond donors (Lipinski definition) is 1. The van der Waals surface area contributed by atoms with Gasteiger partial charge in [0.2, 0.25) is 0 Å². The lowest BCUT2D eigenvalue weighted by molar-refractivity contribution is -0.141. The molecule has 1 rings (SSSR count). The predicted molar refractivity (Wildman–Crippen MR) is 61.9 cm³/mol. The fraction of sp³-hybridized carbons (Fsp3) is 0.500. The first-order valence-electron chi connectivity index (χ1n) is 5.48. The number of carbonyl (C=O) groups is 1. The average molecular weight is 222 g/mol. The zero-order valence-electron chi connectivity index (χ0n) is 9.77. The van der Waals surface area contributed by atoms with Gasteiger partial charge in [-0.3, -0.25) is 9.78 Å². The van der Waals surface area contributed by atoms with Gasteiger partial charge in [-0.15, -0.1) is 0 Å². The van der Waals surface area contributed by atoms with Crippen molar-refractivity contribution < 1.29 is 9.53 Å². The van der Waals surface area contributed by atoms with Crippen LogP contribution in [0.3, 0.4) is 0 Å². The Labute approximate surface area is 96.0 Å². The van der Waals surface area contributed by atoms with Crippen LogP contribution >= 0.6 is 0 Å². The van der Waals surface area contributed by atoms with Crippen LogP contribution in [0.25, 0.3) is 0 Å². The fourth-order valence-electron chi connectivity index (χ4n) is 1.46. The molecule has 0 aliphatic carbocycles. The van der Waals surface area contributed by atoms with E-state index in [1.54, 1.807) is 12.4 Å². The Morgan fingerprint density at radius 1 is 1.62 bits per heavy atom. The molecule has 0 radical (unpaired) electrons. The van der Waals surface area contributed by atoms with Gasteiger partial charge in [-0.25, -0.2) is 0 Å². The quantitative estimate of drug-likeness (QED) is 0.744. The molecule has 88 valence electrons. The van der Waals surface area contributed by atoms with Gasteiger partial charge in [0.25, 0.3) is 0 Å². The van der Waals surface area contributed by atoms with Crippen molar-refractivity contribution in [3.63, 3.8) is 0 Å². The Morgan fingerprint density at radius 3 is 3.00 bits per heavy atom. The van der Waals surface area contributed by atoms with Crippen LogP contribution in [0, 0.1) is 0 Å². The maximum Gasteiger partial charge on any atom is 0.307 e. The number of aromatic nitrogens is 1. The van der Waals surface area contributed by atoms with Gasteiger partial charge in [-0.2, -0.15) is 0 Å². The van der Waals surface area contributed by atoms with Crippen LogP contribution in [0.5, 0.6) is 0 Å². The van der Waals surface area contributed by atoms with Crippen LogP contribution in [-0.2, 0) is 9.53 Å². The number of esters is 1. The Hall–Kier alpha value is -1.42. The first kappa shape index (κ1) is 12.6. The second-order valence-electron chi connectivity index (χ2n) is 3.57. The summed E-state index contributed by atoms with van der Waals surface area (Å²) in [6.07, 6.45) is 4.86. The number of carbonyl (C=O) groups excluding carboxylic acids is 1. The summed E-state index contributed by atoms with van der Waals surface area (Å²) in [6.45, 7) is 2.96. The van der Waals surface area contributed by atoms with Crippen LogP contribution in [0.4, 0.5) is 0 Å². The highest BCUT2D eigenvalue weighted by Gasteiger charge is 2.15. The molecule has 1 atom stereocenters. The summed E-state index contributed by atoms with van der Waals surface area (Å²) in [7, 11) is 1.41. The summed E-state index contributed by atoms with van der Waals surface area (Å²) in [5, 5.41) is 3.31. The van der Waals surface area contributed by atoms with E-state index in [9.17, 15) is 4.79 Å². The van der Waals surface area contributed by atoms with Gasteiger partial charge in [-0.05, 0) is 24.6 Å². The van der Waals surface area contributed by atoms with E-state index < -0.39 is 0 Å². The van der Waals surface area contributed by atoms with Crippen LogP contribution in [0.2, 0.25) is 0 Å². The van der Waals surface area contributed by atoms with Gasteiger partial charge in [0.05, 0.1) is 13.5 Å². The summed E-state index contributed by atoms with van der Waals surface area (Å²) >= 11 is 0. The highest BCUT2D eigenvalue weighted by Crippen LogP contribution is 2.15. The molecule has 0 saturated carbocycles. The SMILES string of the molecule is CCCNC(CC(=O)OC)c1cccnc1. The first-order chi connectivity index (χ1) is 7.77. The Balaban J connectivity index is 2.67. The lowest BCUT2D eigenvalue weighted by Gasteiger charge is -2.17. The maximum atomic E-state index is 11.3. The second kappa shape index (κ2) is 6.95. The minimum Gasteiger partial charge on any atom is -0.469 e. The van der Waals surface area contributed by atoms with E-state index in [0.717, 1.165) is 18.5 Å². The molecule has 0 amide bonds. The predicted octanol–water partition coefficient (Wildman–Crippen LogP) is 1.69. The van der Waals surface area contributed by atoms with Crippen molar-refractivity contribution in [2.24, 2.45) is 0 Å². The van der Waals surface area contributed by atoms with Crippen LogP contribution in [-0.4, -0.2) is 24.6 Å². The molecule has 0 aliphatic heterocycles. The van der Waals surface area contributed by atoms with E-state index in [4.69, 9.17) is 0 Å². The van der Waals surface area contributed by atoms with Crippen molar-refractivity contribution in [3.8, 4) is 0 Å². The van der Waals surface area contributed by atoms with Crippen molar-refractivity contribution in [2.45, 2.75) is 25.8 Å². The summed E-state index contributed by atoms with van der Waals surface area (Å²) in [5.41, 5.74) is 1.02. The summed E-state index contributed by atoms with van der Waals surface area (Å²) in [4.78, 5) is 15.3. The Kier molecular flexibility index (Phi) is 5.50. The summed E-state index contributed by atoms with van der Waals surface area (Å²) < 4.78 is 4.68. The molecule has 4 nitrogen and oxygen atoms in total. The lowest BCUT2D eigenvalue weighted by atomic mass is 10.1. The fourth-order valence-corrected chi connectivity index (χ4v) is 1.46. The molecule has 1 aromatic heterocycles. The van der Waals surface area contributed by atoms with Gasteiger partial charge in [0.15, 0.2) is 0 Å². The number of nitrogens with zero attached hydrogens (tertiary/aromatic N) is 1. The van der Waals surface area contributed by atoms with Crippen LogP contribution in [0.1, 0.15) is 31.4 Å². The molecular weight excluding hydrogens is 204 g/mol. The Morgan fingerprint density at radius 2 is 2.44 bits per heavy atom. The molecule has 1 N–H and O–H groups in total. The third-order valence-electron chi connectivity index (χ3n) is 2.33. The molecule has 16 heavy (non-hydrogen) atoms. The first-order valence-corrected chi connectivity index (χ1v) is 5.48.